The molecule has 3 heteroatoms. The summed E-state index contributed by atoms with van der Waals surface area (Å²) in [4.78, 5) is 0. The van der Waals surface area contributed by atoms with Gasteiger partial charge in [0.15, 0.2) is 0 Å². The molecule has 0 bridgehead atoms. The average Bonchev–Trinajstić information content (AvgIpc) is 3.19. The van der Waals surface area contributed by atoms with Gasteiger partial charge in [-0.05, 0) is 36.9 Å². The summed E-state index contributed by atoms with van der Waals surface area (Å²) >= 11 is 7.67. The molecule has 3 fully saturated rings. The average molecular weight is 314 g/mol. The van der Waals surface area contributed by atoms with Crippen LogP contribution in [0, 0.1) is 0 Å². The maximum atomic E-state index is 7.67. The van der Waals surface area contributed by atoms with Gasteiger partial charge in [-0.25, -0.2) is 0 Å². The van der Waals surface area contributed by atoms with Gasteiger partial charge in [0.1, 0.15) is 0 Å². The van der Waals surface area contributed by atoms with Gasteiger partial charge in [-0.2, -0.15) is 0 Å². The van der Waals surface area contributed by atoms with E-state index in [4.69, 9.17) is 11.1 Å². The molecule has 1 atom stereocenters. The Balaban J connectivity index is 1.86. The number of rotatable bonds is 4. The minimum Gasteiger partial charge on any atom is -0.308 e. The maximum absolute atomic E-state index is 7.67. The number of halogens is 1. The minimum absolute atomic E-state index is 0.814. The van der Waals surface area contributed by atoms with E-state index in [1.54, 1.807) is 0 Å². The number of hydrogen-bond acceptors (Lipinski definition) is 1. The summed E-state index contributed by atoms with van der Waals surface area (Å²) in [7, 11) is -1.76. The molecule has 1 aliphatic heterocycles. The molecule has 20 heavy (non-hydrogen) atoms. The third-order valence-electron chi connectivity index (χ3n) is 6.39. The highest BCUT2D eigenvalue weighted by molar-refractivity contribution is 7.20. The van der Waals surface area contributed by atoms with Crippen LogP contribution in [-0.4, -0.2) is 24.7 Å². The highest BCUT2D eigenvalue weighted by Crippen LogP contribution is 2.54. The van der Waals surface area contributed by atoms with Crippen molar-refractivity contribution in [3.63, 3.8) is 0 Å². The Kier molecular flexibility index (Phi) is 5.15. The van der Waals surface area contributed by atoms with Crippen LogP contribution in [0.5, 0.6) is 0 Å². The predicted octanol–water partition coefficient (Wildman–Crippen LogP) is 5.82. The van der Waals surface area contributed by atoms with Crippen molar-refractivity contribution >= 4 is 18.6 Å². The molecule has 1 saturated heterocycles. The minimum atomic E-state index is -1.76. The van der Waals surface area contributed by atoms with Crippen LogP contribution in [0.4, 0.5) is 0 Å². The summed E-state index contributed by atoms with van der Waals surface area (Å²) in [6.45, 7) is 3.71. The number of hydrogen-bond donors (Lipinski definition) is 0. The van der Waals surface area contributed by atoms with E-state index < -0.39 is 7.55 Å². The second-order valence-electron chi connectivity index (χ2n) is 7.44. The van der Waals surface area contributed by atoms with E-state index in [1.807, 2.05) is 0 Å². The molecule has 116 valence electrons. The van der Waals surface area contributed by atoms with Crippen molar-refractivity contribution in [1.29, 1.82) is 0 Å². The molecule has 0 spiro atoms. The molecule has 2 saturated carbocycles. The second kappa shape index (κ2) is 6.70. The Bertz CT molecular complexity index is 294. The monoisotopic (exact) mass is 313 g/mol. The molecule has 0 aromatic carbocycles. The van der Waals surface area contributed by atoms with Gasteiger partial charge in [-0.3, -0.25) is 0 Å². The normalized spacial score (nSPS) is 31.2. The summed E-state index contributed by atoms with van der Waals surface area (Å²) in [6, 6.07) is 0.814. The third kappa shape index (κ3) is 2.73. The van der Waals surface area contributed by atoms with Crippen LogP contribution < -0.4 is 0 Å². The van der Waals surface area contributed by atoms with E-state index in [1.165, 1.54) is 83.6 Å². The lowest BCUT2D eigenvalue weighted by Gasteiger charge is -2.50. The molecule has 3 rings (SSSR count). The van der Waals surface area contributed by atoms with Crippen LogP contribution in [0.25, 0.3) is 0 Å². The largest absolute Gasteiger partial charge is 0.308 e. The summed E-state index contributed by atoms with van der Waals surface area (Å²) in [5, 5.41) is 0. The summed E-state index contributed by atoms with van der Waals surface area (Å²) in [5.74, 6) is 0. The summed E-state index contributed by atoms with van der Waals surface area (Å²) in [5.41, 5.74) is 1.80. The molecule has 0 aromatic rings. The van der Waals surface area contributed by atoms with Crippen molar-refractivity contribution in [1.82, 2.24) is 4.57 Å². The van der Waals surface area contributed by atoms with Crippen LogP contribution in [0.3, 0.4) is 0 Å². The van der Waals surface area contributed by atoms with Gasteiger partial charge in [0, 0.05) is 6.04 Å². The predicted molar refractivity (Wildman–Crippen MR) is 90.7 cm³/mol. The molecule has 1 nitrogen and oxygen atoms in total. The zero-order valence-electron chi connectivity index (χ0n) is 13.2. The van der Waals surface area contributed by atoms with E-state index in [9.17, 15) is 0 Å². The molecule has 0 aromatic heterocycles. The maximum Gasteiger partial charge on any atom is 0.235 e. The van der Waals surface area contributed by atoms with Crippen LogP contribution in [0.1, 0.15) is 84.0 Å². The van der Waals surface area contributed by atoms with Crippen LogP contribution >= 0.6 is 11.1 Å². The molecule has 1 unspecified atom stereocenters. The lowest BCUT2D eigenvalue weighted by atomic mass is 10.0. The van der Waals surface area contributed by atoms with Gasteiger partial charge in [0.05, 0.1) is 0 Å². The van der Waals surface area contributed by atoms with Crippen molar-refractivity contribution in [2.24, 2.45) is 0 Å². The Morgan fingerprint density at radius 2 is 1.35 bits per heavy atom. The first-order chi connectivity index (χ1) is 9.76. The first-order valence-electron chi connectivity index (χ1n) is 9.22. The smallest absolute Gasteiger partial charge is 0.235 e. The number of piperidine rings is 1. The molecular formula is C17H32ClNSi. The molecular weight excluding hydrogens is 282 g/mol. The Labute approximate surface area is 131 Å². The Hall–Kier alpha value is 0.467. The Morgan fingerprint density at radius 1 is 0.850 bits per heavy atom. The zero-order chi connectivity index (χ0) is 14.0. The van der Waals surface area contributed by atoms with Gasteiger partial charge >= 0.3 is 0 Å². The molecule has 0 radical (unpaired) electrons. The second-order valence-corrected chi connectivity index (χ2v) is 12.9. The third-order valence-corrected chi connectivity index (χ3v) is 13.8. The van der Waals surface area contributed by atoms with Crippen molar-refractivity contribution in [2.45, 2.75) is 101 Å². The summed E-state index contributed by atoms with van der Waals surface area (Å²) in [6.07, 6.45) is 17.1. The highest BCUT2D eigenvalue weighted by Gasteiger charge is 2.54. The quantitative estimate of drug-likeness (QED) is 0.467. The fourth-order valence-corrected chi connectivity index (χ4v) is 12.7. The molecule has 1 heterocycles. The van der Waals surface area contributed by atoms with Gasteiger partial charge in [-0.1, -0.05) is 64.7 Å². The van der Waals surface area contributed by atoms with Crippen LogP contribution in [0.15, 0.2) is 0 Å². The van der Waals surface area contributed by atoms with E-state index >= 15 is 0 Å². The van der Waals surface area contributed by atoms with E-state index in [-0.39, 0.29) is 0 Å². The first kappa shape index (κ1) is 15.4. The lowest BCUT2D eigenvalue weighted by molar-refractivity contribution is 0.232. The fraction of sp³-hybridized carbons (Fsp3) is 1.00. The Morgan fingerprint density at radius 3 is 1.85 bits per heavy atom. The van der Waals surface area contributed by atoms with Crippen LogP contribution in [-0.2, 0) is 0 Å². The van der Waals surface area contributed by atoms with E-state index in [0.717, 1.165) is 17.1 Å². The molecule has 3 aliphatic rings. The fourth-order valence-electron chi connectivity index (χ4n) is 5.34. The van der Waals surface area contributed by atoms with Gasteiger partial charge in [-0.15, -0.1) is 11.1 Å². The molecule has 0 N–H and O–H groups in total. The zero-order valence-corrected chi connectivity index (χ0v) is 15.0. The highest BCUT2D eigenvalue weighted by atomic mass is 35.6. The van der Waals surface area contributed by atoms with Gasteiger partial charge in [0.25, 0.3) is 0 Å². The van der Waals surface area contributed by atoms with E-state index in [0.29, 0.717) is 0 Å². The summed E-state index contributed by atoms with van der Waals surface area (Å²) < 4.78 is 2.93. The lowest BCUT2D eigenvalue weighted by Crippen LogP contribution is -2.60. The molecule has 2 aliphatic carbocycles. The van der Waals surface area contributed by atoms with Crippen molar-refractivity contribution in [3.8, 4) is 0 Å². The van der Waals surface area contributed by atoms with Crippen molar-refractivity contribution in [3.05, 3.63) is 0 Å². The van der Waals surface area contributed by atoms with Crippen LogP contribution in [0.2, 0.25) is 11.1 Å². The standard InChI is InChI=1S/C17H32ClNSi/c1-2-15-9-7-8-14-19(15)20(18,16-10-3-4-11-16)17-12-5-6-13-17/h15-17H,2-14H2,1H3. The first-order valence-corrected chi connectivity index (χ1v) is 12.3. The number of nitrogens with zero attached hydrogens (tertiary/aromatic N) is 1. The van der Waals surface area contributed by atoms with Gasteiger partial charge < -0.3 is 4.57 Å². The van der Waals surface area contributed by atoms with E-state index in [2.05, 4.69) is 11.5 Å². The van der Waals surface area contributed by atoms with Gasteiger partial charge in [0.2, 0.25) is 7.55 Å². The van der Waals surface area contributed by atoms with Crippen molar-refractivity contribution < 1.29 is 0 Å². The SMILES string of the molecule is CCC1CCCCN1[Si](Cl)(C1CCCC1)C1CCCC1. The topological polar surface area (TPSA) is 3.24 Å². The van der Waals surface area contributed by atoms with Crippen molar-refractivity contribution in [2.75, 3.05) is 6.54 Å². The molecule has 0 amide bonds.